The first-order chi connectivity index (χ1) is 11.7. The topological polar surface area (TPSA) is 67.8 Å². The Labute approximate surface area is 142 Å². The molecule has 1 aromatic heterocycles. The Balaban J connectivity index is 1.51. The summed E-state index contributed by atoms with van der Waals surface area (Å²) in [4.78, 5) is 25.4. The van der Waals surface area contributed by atoms with Gasteiger partial charge in [-0.2, -0.15) is 0 Å². The molecule has 0 aliphatic carbocycles. The molecule has 7 heteroatoms. The Hall–Kier alpha value is -1.89. The van der Waals surface area contributed by atoms with Crippen molar-refractivity contribution in [1.29, 1.82) is 0 Å². The number of hydrogen-bond acceptors (Lipinski definition) is 6. The predicted molar refractivity (Wildman–Crippen MR) is 88.0 cm³/mol. The Morgan fingerprint density at radius 3 is 3.04 bits per heavy atom. The van der Waals surface area contributed by atoms with Crippen LogP contribution in [0.5, 0.6) is 5.88 Å². The molecule has 3 aliphatic rings. The highest BCUT2D eigenvalue weighted by Crippen LogP contribution is 2.45. The van der Waals surface area contributed by atoms with Crippen molar-refractivity contribution in [3.63, 3.8) is 0 Å². The third-order valence-corrected chi connectivity index (χ3v) is 5.64. The van der Waals surface area contributed by atoms with Crippen molar-refractivity contribution >= 4 is 11.7 Å². The Morgan fingerprint density at radius 1 is 1.42 bits per heavy atom. The number of fused-ring (bicyclic) bond motifs is 1. The van der Waals surface area contributed by atoms with E-state index in [4.69, 9.17) is 9.47 Å². The van der Waals surface area contributed by atoms with Gasteiger partial charge in [-0.15, -0.1) is 0 Å². The van der Waals surface area contributed by atoms with Crippen LogP contribution in [0.3, 0.4) is 0 Å². The fourth-order valence-corrected chi connectivity index (χ4v) is 4.25. The highest BCUT2D eigenvalue weighted by atomic mass is 16.5. The van der Waals surface area contributed by atoms with Gasteiger partial charge in [-0.3, -0.25) is 4.79 Å². The lowest BCUT2D eigenvalue weighted by Gasteiger charge is -2.29. The van der Waals surface area contributed by atoms with Crippen molar-refractivity contribution in [1.82, 2.24) is 14.9 Å². The maximum Gasteiger partial charge on any atom is 0.223 e. The molecule has 0 N–H and O–H groups in total. The smallest absolute Gasteiger partial charge is 0.223 e. The molecule has 4 heterocycles. The van der Waals surface area contributed by atoms with Crippen molar-refractivity contribution in [2.45, 2.75) is 19.3 Å². The van der Waals surface area contributed by atoms with Gasteiger partial charge in [-0.05, 0) is 12.8 Å². The zero-order chi connectivity index (χ0) is 16.6. The Morgan fingerprint density at radius 2 is 2.25 bits per heavy atom. The van der Waals surface area contributed by atoms with Crippen LogP contribution in [0.15, 0.2) is 12.4 Å². The maximum absolute atomic E-state index is 12.7. The van der Waals surface area contributed by atoms with Crippen molar-refractivity contribution in [3.05, 3.63) is 12.4 Å². The van der Waals surface area contributed by atoms with E-state index < -0.39 is 0 Å². The summed E-state index contributed by atoms with van der Waals surface area (Å²) in [6, 6.07) is 1.86. The van der Waals surface area contributed by atoms with Crippen LogP contribution in [-0.4, -0.2) is 67.3 Å². The number of nitrogens with zero attached hydrogens (tertiary/aromatic N) is 4. The molecule has 1 amide bonds. The number of aromatic nitrogens is 2. The lowest BCUT2D eigenvalue weighted by molar-refractivity contribution is -0.132. The third-order valence-electron chi connectivity index (χ3n) is 5.64. The minimum atomic E-state index is -0.0855. The van der Waals surface area contributed by atoms with E-state index in [1.54, 1.807) is 7.11 Å². The number of rotatable bonds is 4. The molecule has 24 heavy (non-hydrogen) atoms. The van der Waals surface area contributed by atoms with Crippen molar-refractivity contribution < 1.29 is 14.3 Å². The molecule has 2 atom stereocenters. The molecule has 3 aliphatic heterocycles. The van der Waals surface area contributed by atoms with Crippen LogP contribution in [0.2, 0.25) is 0 Å². The van der Waals surface area contributed by atoms with Gasteiger partial charge < -0.3 is 19.3 Å². The number of hydrogen-bond donors (Lipinski definition) is 0. The summed E-state index contributed by atoms with van der Waals surface area (Å²) in [5, 5.41) is 0. The lowest BCUT2D eigenvalue weighted by atomic mass is 9.78. The zero-order valence-corrected chi connectivity index (χ0v) is 14.1. The molecule has 130 valence electrons. The molecule has 0 radical (unpaired) electrons. The summed E-state index contributed by atoms with van der Waals surface area (Å²) < 4.78 is 11.0. The van der Waals surface area contributed by atoms with Crippen LogP contribution < -0.4 is 9.64 Å². The van der Waals surface area contributed by atoms with E-state index in [0.717, 1.165) is 51.4 Å². The van der Waals surface area contributed by atoms with E-state index in [1.807, 2.05) is 11.0 Å². The number of ether oxygens (including phenoxy) is 2. The second-order valence-electron chi connectivity index (χ2n) is 7.14. The minimum Gasteiger partial charge on any atom is -0.481 e. The summed E-state index contributed by atoms with van der Waals surface area (Å²) >= 11 is 0. The SMILES string of the molecule is COc1cc(N2C[C@@H]3COC[C@]3(CC(=O)N3CCCC3)C2)ncn1. The van der Waals surface area contributed by atoms with E-state index in [9.17, 15) is 4.79 Å². The molecule has 3 fully saturated rings. The first kappa shape index (κ1) is 15.6. The van der Waals surface area contributed by atoms with E-state index in [2.05, 4.69) is 14.9 Å². The maximum atomic E-state index is 12.7. The van der Waals surface area contributed by atoms with Crippen molar-refractivity contribution in [2.24, 2.45) is 11.3 Å². The van der Waals surface area contributed by atoms with E-state index >= 15 is 0 Å². The van der Waals surface area contributed by atoms with Crippen LogP contribution in [-0.2, 0) is 9.53 Å². The van der Waals surface area contributed by atoms with Crippen molar-refractivity contribution in [3.8, 4) is 5.88 Å². The van der Waals surface area contributed by atoms with Gasteiger partial charge in [0.15, 0.2) is 0 Å². The second kappa shape index (κ2) is 6.20. The number of carbonyl (C=O) groups is 1. The van der Waals surface area contributed by atoms with Gasteiger partial charge in [0.2, 0.25) is 11.8 Å². The lowest BCUT2D eigenvalue weighted by Crippen LogP contribution is -2.38. The first-order valence-corrected chi connectivity index (χ1v) is 8.67. The number of methoxy groups -OCH3 is 1. The summed E-state index contributed by atoms with van der Waals surface area (Å²) in [6.07, 6.45) is 4.37. The van der Waals surface area contributed by atoms with E-state index in [1.165, 1.54) is 6.33 Å². The van der Waals surface area contributed by atoms with Gasteiger partial charge in [-0.1, -0.05) is 0 Å². The minimum absolute atomic E-state index is 0.0855. The highest BCUT2D eigenvalue weighted by Gasteiger charge is 2.52. The molecule has 0 aromatic carbocycles. The molecule has 0 bridgehead atoms. The van der Waals surface area contributed by atoms with E-state index in [0.29, 0.717) is 24.8 Å². The molecule has 1 aromatic rings. The molecule has 0 unspecified atom stereocenters. The number of carbonyl (C=O) groups excluding carboxylic acids is 1. The molecule has 0 saturated carbocycles. The van der Waals surface area contributed by atoms with Crippen LogP contribution in [0.4, 0.5) is 5.82 Å². The van der Waals surface area contributed by atoms with Gasteiger partial charge in [0.25, 0.3) is 0 Å². The zero-order valence-electron chi connectivity index (χ0n) is 14.1. The molecule has 4 rings (SSSR count). The fourth-order valence-electron chi connectivity index (χ4n) is 4.25. The average Bonchev–Trinajstić information content (AvgIpc) is 3.30. The first-order valence-electron chi connectivity index (χ1n) is 8.67. The molecule has 0 spiro atoms. The molecular weight excluding hydrogens is 308 g/mol. The number of amides is 1. The normalized spacial score (nSPS) is 29.1. The van der Waals surface area contributed by atoms with Crippen LogP contribution in [0.25, 0.3) is 0 Å². The van der Waals surface area contributed by atoms with Gasteiger partial charge in [-0.25, -0.2) is 9.97 Å². The number of anilines is 1. The van der Waals surface area contributed by atoms with Gasteiger partial charge >= 0.3 is 0 Å². The largest absolute Gasteiger partial charge is 0.481 e. The summed E-state index contributed by atoms with van der Waals surface area (Å²) in [6.45, 7) is 4.88. The van der Waals surface area contributed by atoms with Crippen LogP contribution >= 0.6 is 0 Å². The summed E-state index contributed by atoms with van der Waals surface area (Å²) in [5.74, 6) is 2.09. The average molecular weight is 332 g/mol. The number of likely N-dealkylation sites (tertiary alicyclic amines) is 1. The van der Waals surface area contributed by atoms with Crippen LogP contribution in [0.1, 0.15) is 19.3 Å². The molecule has 3 saturated heterocycles. The highest BCUT2D eigenvalue weighted by molar-refractivity contribution is 5.77. The third kappa shape index (κ3) is 2.70. The quantitative estimate of drug-likeness (QED) is 0.818. The molecule has 7 nitrogen and oxygen atoms in total. The summed E-state index contributed by atoms with van der Waals surface area (Å²) in [5.41, 5.74) is -0.0855. The fraction of sp³-hybridized carbons (Fsp3) is 0.706. The Bertz CT molecular complexity index is 620. The Kier molecular flexibility index (Phi) is 4.04. The van der Waals surface area contributed by atoms with E-state index in [-0.39, 0.29) is 11.3 Å². The summed E-state index contributed by atoms with van der Waals surface area (Å²) in [7, 11) is 1.61. The van der Waals surface area contributed by atoms with Crippen molar-refractivity contribution in [2.75, 3.05) is 51.4 Å². The van der Waals surface area contributed by atoms with Gasteiger partial charge in [0.05, 0.1) is 20.3 Å². The van der Waals surface area contributed by atoms with Crippen LogP contribution in [0, 0.1) is 11.3 Å². The van der Waals surface area contributed by atoms with Gasteiger partial charge in [0.1, 0.15) is 12.1 Å². The monoisotopic (exact) mass is 332 g/mol. The predicted octanol–water partition coefficient (Wildman–Crippen LogP) is 0.950. The standard InChI is InChI=1S/C17H24N4O3/c1-23-15-6-14(18-12-19-15)21-8-13-9-24-11-17(13,10-21)7-16(22)20-4-2-3-5-20/h6,12-13H,2-5,7-11H2,1H3/t13-,17+/m1/s1. The second-order valence-corrected chi connectivity index (χ2v) is 7.14. The van der Waals surface area contributed by atoms with Gasteiger partial charge in [0, 0.05) is 50.0 Å². The molecular formula is C17H24N4O3.